The number of hydrogen-bond acceptors (Lipinski definition) is 2. The Kier molecular flexibility index (Phi) is 4.84. The van der Waals surface area contributed by atoms with Crippen LogP contribution in [0, 0.1) is 0 Å². The van der Waals surface area contributed by atoms with Crippen molar-refractivity contribution in [2.75, 3.05) is 0 Å². The van der Waals surface area contributed by atoms with Crippen LogP contribution in [0.1, 0.15) is 56.6 Å². The fraction of sp³-hybridized carbons (Fsp3) is 0.478. The average Bonchev–Trinajstić information content (AvgIpc) is 2.79. The predicted molar refractivity (Wildman–Crippen MR) is 109 cm³/mol. The highest BCUT2D eigenvalue weighted by Gasteiger charge is 2.50. The van der Waals surface area contributed by atoms with Crippen molar-refractivity contribution in [1.29, 1.82) is 0 Å². The van der Waals surface area contributed by atoms with Crippen molar-refractivity contribution in [3.05, 3.63) is 59.7 Å². The van der Waals surface area contributed by atoms with Gasteiger partial charge in [0.15, 0.2) is 0 Å². The van der Waals surface area contributed by atoms with E-state index in [1.165, 1.54) is 17.5 Å². The van der Waals surface area contributed by atoms with E-state index in [0.29, 0.717) is 0 Å². The molecule has 0 radical (unpaired) electrons. The highest BCUT2D eigenvalue weighted by atomic mass is 31.2. The second kappa shape index (κ2) is 6.98. The summed E-state index contributed by atoms with van der Waals surface area (Å²) in [5, 5.41) is 13.6. The molecule has 1 unspecified atom stereocenters. The van der Waals surface area contributed by atoms with Crippen LogP contribution in [0.5, 0.6) is 0 Å². The standard InChI is InChI=1S/C23H29O2P/c1-2-22(23(24)16-8-3-9-17-23)26(25)20-12-6-4-10-18(20)14-15-19-11-5-7-13-21(19)26/h4-7,10-13,22,24H,2-3,8-9,14-17H2,1H3. The molecule has 26 heavy (non-hydrogen) atoms. The van der Waals surface area contributed by atoms with Gasteiger partial charge in [-0.1, -0.05) is 74.7 Å². The van der Waals surface area contributed by atoms with Crippen LogP contribution in [0.3, 0.4) is 0 Å². The Morgan fingerprint density at radius 3 is 1.92 bits per heavy atom. The minimum Gasteiger partial charge on any atom is -0.389 e. The maximum Gasteiger partial charge on any atom is 0.149 e. The fourth-order valence-electron chi connectivity index (χ4n) is 5.30. The van der Waals surface area contributed by atoms with E-state index in [2.05, 4.69) is 43.3 Å². The third kappa shape index (κ3) is 2.79. The molecule has 1 aliphatic heterocycles. The molecule has 1 N–H and O–H groups in total. The molecule has 2 aromatic rings. The zero-order valence-corrected chi connectivity index (χ0v) is 16.6. The molecule has 2 aliphatic rings. The topological polar surface area (TPSA) is 37.3 Å². The van der Waals surface area contributed by atoms with Crippen molar-refractivity contribution < 1.29 is 9.67 Å². The quantitative estimate of drug-likeness (QED) is 0.806. The predicted octanol–water partition coefficient (Wildman–Crippen LogP) is 4.57. The van der Waals surface area contributed by atoms with Crippen LogP contribution in [-0.4, -0.2) is 16.4 Å². The van der Waals surface area contributed by atoms with E-state index in [9.17, 15) is 9.67 Å². The molecular formula is C23H29O2P. The van der Waals surface area contributed by atoms with E-state index in [1.807, 2.05) is 12.1 Å². The van der Waals surface area contributed by atoms with Crippen LogP contribution in [0.2, 0.25) is 0 Å². The van der Waals surface area contributed by atoms with Crippen LogP contribution in [-0.2, 0) is 17.4 Å². The Balaban J connectivity index is 1.96. The number of aryl methyl sites for hydroxylation is 2. The lowest BCUT2D eigenvalue weighted by atomic mass is 9.81. The number of aliphatic hydroxyl groups is 1. The van der Waals surface area contributed by atoms with Crippen LogP contribution in [0.25, 0.3) is 0 Å². The molecule has 4 rings (SSSR count). The van der Waals surface area contributed by atoms with Crippen molar-refractivity contribution in [2.24, 2.45) is 0 Å². The molecule has 1 saturated carbocycles. The molecule has 0 bridgehead atoms. The van der Waals surface area contributed by atoms with Crippen molar-refractivity contribution in [1.82, 2.24) is 0 Å². The van der Waals surface area contributed by atoms with Crippen LogP contribution in [0.4, 0.5) is 0 Å². The molecular weight excluding hydrogens is 339 g/mol. The summed E-state index contributed by atoms with van der Waals surface area (Å²) in [5.74, 6) is 0. The molecule has 3 heteroatoms. The molecule has 138 valence electrons. The minimum atomic E-state index is -2.93. The Morgan fingerprint density at radius 2 is 1.42 bits per heavy atom. The summed E-state index contributed by atoms with van der Waals surface area (Å²) in [6.07, 6.45) is 7.40. The summed E-state index contributed by atoms with van der Waals surface area (Å²) in [7, 11) is -2.93. The van der Waals surface area contributed by atoms with Gasteiger partial charge in [0, 0.05) is 16.3 Å². The van der Waals surface area contributed by atoms with Gasteiger partial charge < -0.3 is 9.67 Å². The molecule has 1 aliphatic carbocycles. The molecule has 0 saturated heterocycles. The third-order valence-corrected chi connectivity index (χ3v) is 10.6. The van der Waals surface area contributed by atoms with Crippen molar-refractivity contribution in [3.8, 4) is 0 Å². The molecule has 1 atom stereocenters. The van der Waals surface area contributed by atoms with Crippen molar-refractivity contribution in [2.45, 2.75) is 69.6 Å². The number of rotatable bonds is 3. The zero-order chi connectivity index (χ0) is 18.2. The summed E-state index contributed by atoms with van der Waals surface area (Å²) in [4.78, 5) is 0. The lowest BCUT2D eigenvalue weighted by Gasteiger charge is -2.43. The van der Waals surface area contributed by atoms with Gasteiger partial charge in [0.2, 0.25) is 0 Å². The number of benzene rings is 2. The highest BCUT2D eigenvalue weighted by molar-refractivity contribution is 7.79. The van der Waals surface area contributed by atoms with Gasteiger partial charge in [0.05, 0.1) is 5.60 Å². The lowest BCUT2D eigenvalue weighted by molar-refractivity contribution is -0.000854. The maximum atomic E-state index is 15.0. The van der Waals surface area contributed by atoms with Crippen LogP contribution < -0.4 is 10.6 Å². The molecule has 1 fully saturated rings. The van der Waals surface area contributed by atoms with E-state index in [0.717, 1.165) is 55.6 Å². The lowest BCUT2D eigenvalue weighted by Crippen LogP contribution is -2.47. The SMILES string of the molecule is CCC(C1(O)CCCCC1)P1(=O)c2ccccc2CCc2ccccc21. The van der Waals surface area contributed by atoms with Gasteiger partial charge in [0.25, 0.3) is 0 Å². The monoisotopic (exact) mass is 368 g/mol. The largest absolute Gasteiger partial charge is 0.389 e. The van der Waals surface area contributed by atoms with Gasteiger partial charge in [-0.05, 0) is 43.2 Å². The van der Waals surface area contributed by atoms with E-state index < -0.39 is 12.7 Å². The van der Waals surface area contributed by atoms with E-state index >= 15 is 0 Å². The molecule has 2 aromatic carbocycles. The average molecular weight is 368 g/mol. The molecule has 2 nitrogen and oxygen atoms in total. The fourth-order valence-corrected chi connectivity index (χ4v) is 9.52. The zero-order valence-electron chi connectivity index (χ0n) is 15.7. The van der Waals surface area contributed by atoms with Crippen molar-refractivity contribution >= 4 is 17.8 Å². The van der Waals surface area contributed by atoms with Gasteiger partial charge in [-0.2, -0.15) is 0 Å². The van der Waals surface area contributed by atoms with Crippen LogP contribution >= 0.6 is 7.14 Å². The first-order valence-electron chi connectivity index (χ1n) is 10.1. The van der Waals surface area contributed by atoms with Crippen molar-refractivity contribution in [3.63, 3.8) is 0 Å². The van der Waals surface area contributed by atoms with Crippen LogP contribution in [0.15, 0.2) is 48.5 Å². The Hall–Kier alpha value is -1.37. The molecule has 0 amide bonds. The third-order valence-electron chi connectivity index (χ3n) is 6.53. The Bertz CT molecular complexity index is 784. The first-order valence-corrected chi connectivity index (χ1v) is 11.9. The highest BCUT2D eigenvalue weighted by Crippen LogP contribution is 2.58. The minimum absolute atomic E-state index is 0.198. The Morgan fingerprint density at radius 1 is 0.923 bits per heavy atom. The van der Waals surface area contributed by atoms with Gasteiger partial charge in [-0.25, -0.2) is 0 Å². The Labute approximate surface area is 157 Å². The number of hydrogen-bond donors (Lipinski definition) is 1. The maximum absolute atomic E-state index is 15.0. The van der Waals surface area contributed by atoms with Gasteiger partial charge >= 0.3 is 0 Å². The summed E-state index contributed by atoms with van der Waals surface area (Å²) in [6, 6.07) is 16.5. The number of fused-ring (bicyclic) bond motifs is 2. The second-order valence-corrected chi connectivity index (χ2v) is 10.9. The second-order valence-electron chi connectivity index (χ2n) is 8.00. The summed E-state index contributed by atoms with van der Waals surface area (Å²) < 4.78 is 15.0. The first-order chi connectivity index (χ1) is 12.6. The van der Waals surface area contributed by atoms with E-state index in [-0.39, 0.29) is 5.66 Å². The van der Waals surface area contributed by atoms with E-state index in [1.54, 1.807) is 0 Å². The molecule has 1 heterocycles. The molecule has 0 spiro atoms. The first kappa shape index (κ1) is 18.0. The van der Waals surface area contributed by atoms with E-state index in [4.69, 9.17) is 0 Å². The molecule has 0 aromatic heterocycles. The van der Waals surface area contributed by atoms with Gasteiger partial charge in [-0.3, -0.25) is 0 Å². The summed E-state index contributed by atoms with van der Waals surface area (Å²) >= 11 is 0. The van der Waals surface area contributed by atoms with Gasteiger partial charge in [0.1, 0.15) is 7.14 Å². The normalized spacial score (nSPS) is 21.9. The summed E-state index contributed by atoms with van der Waals surface area (Å²) in [5.41, 5.74) is 1.39. The smallest absolute Gasteiger partial charge is 0.149 e. The van der Waals surface area contributed by atoms with Gasteiger partial charge in [-0.15, -0.1) is 0 Å². The summed E-state index contributed by atoms with van der Waals surface area (Å²) in [6.45, 7) is 2.10.